The van der Waals surface area contributed by atoms with Gasteiger partial charge in [0, 0.05) is 38.3 Å². The van der Waals surface area contributed by atoms with Crippen molar-refractivity contribution in [3.05, 3.63) is 48.0 Å². The van der Waals surface area contributed by atoms with Crippen molar-refractivity contribution in [2.75, 3.05) is 44.9 Å². The van der Waals surface area contributed by atoms with Crippen LogP contribution in [0.5, 0.6) is 0 Å². The minimum absolute atomic E-state index is 0.0509. The Kier molecular flexibility index (Phi) is 10.0. The Labute approximate surface area is 222 Å². The Balaban J connectivity index is 1.79. The summed E-state index contributed by atoms with van der Waals surface area (Å²) in [7, 11) is 1.34. The first-order chi connectivity index (χ1) is 18.3. The van der Waals surface area contributed by atoms with Gasteiger partial charge in [0.2, 0.25) is 5.91 Å². The van der Waals surface area contributed by atoms with Crippen LogP contribution in [-0.2, 0) is 30.3 Å². The summed E-state index contributed by atoms with van der Waals surface area (Å²) in [6.45, 7) is 7.37. The molecule has 1 aromatic heterocycles. The maximum absolute atomic E-state index is 13.2. The van der Waals surface area contributed by atoms with E-state index in [-0.39, 0.29) is 36.9 Å². The number of nitrogens with zero attached hydrogens (tertiary/aromatic N) is 4. The maximum atomic E-state index is 13.2. The number of esters is 3. The molecule has 1 aliphatic heterocycles. The number of benzene rings is 1. The van der Waals surface area contributed by atoms with Crippen LogP contribution >= 0.6 is 0 Å². The van der Waals surface area contributed by atoms with Gasteiger partial charge in [-0.15, -0.1) is 0 Å². The van der Waals surface area contributed by atoms with E-state index in [1.807, 2.05) is 30.3 Å². The summed E-state index contributed by atoms with van der Waals surface area (Å²) >= 11 is 0. The summed E-state index contributed by atoms with van der Waals surface area (Å²) in [4.78, 5) is 59.0. The molecule has 0 radical (unpaired) electrons. The van der Waals surface area contributed by atoms with Crippen LogP contribution < -0.4 is 4.90 Å². The molecule has 3 rings (SSSR count). The van der Waals surface area contributed by atoms with Crippen LogP contribution in [0.4, 0.5) is 5.69 Å². The lowest BCUT2D eigenvalue weighted by Crippen LogP contribution is -2.62. The Morgan fingerprint density at radius 1 is 0.947 bits per heavy atom. The number of piperidine rings is 1. The van der Waals surface area contributed by atoms with Crippen molar-refractivity contribution in [2.45, 2.75) is 52.1 Å². The molecule has 2 aromatic rings. The van der Waals surface area contributed by atoms with Crippen molar-refractivity contribution >= 4 is 29.5 Å². The van der Waals surface area contributed by atoms with Gasteiger partial charge in [-0.2, -0.15) is 0 Å². The average molecular weight is 529 g/mol. The fourth-order valence-corrected chi connectivity index (χ4v) is 4.78. The SMILES string of the molecule is CCOC(=O)c1ncn(CCN2CCC(C(=O)OC)(N(C(=O)CC)c3ccccc3)CC2)c1C(=O)OCC. The van der Waals surface area contributed by atoms with Gasteiger partial charge in [-0.05, 0) is 38.8 Å². The number of hydrogen-bond donors (Lipinski definition) is 0. The smallest absolute Gasteiger partial charge is 0.359 e. The molecule has 38 heavy (non-hydrogen) atoms. The molecule has 1 aromatic carbocycles. The standard InChI is InChI=1S/C27H36N4O7/c1-5-21(32)31(20-11-9-8-10-12-20)27(26(35)36-4)13-15-29(16-14-27)17-18-30-19-28-22(24(33)37-6-2)23(30)25(34)38-7-3/h8-12,19H,5-7,13-18H2,1-4H3. The second-order valence-corrected chi connectivity index (χ2v) is 8.86. The zero-order valence-corrected chi connectivity index (χ0v) is 22.5. The fourth-order valence-electron chi connectivity index (χ4n) is 4.78. The lowest BCUT2D eigenvalue weighted by atomic mass is 9.84. The van der Waals surface area contributed by atoms with Crippen molar-refractivity contribution in [3.8, 4) is 0 Å². The van der Waals surface area contributed by atoms with Crippen LogP contribution in [0.25, 0.3) is 0 Å². The van der Waals surface area contributed by atoms with Crippen LogP contribution in [-0.4, -0.2) is 83.8 Å². The molecule has 0 bridgehead atoms. The van der Waals surface area contributed by atoms with Crippen LogP contribution in [0.2, 0.25) is 0 Å². The molecule has 1 aliphatic rings. The maximum Gasteiger partial charge on any atom is 0.359 e. The van der Waals surface area contributed by atoms with E-state index in [0.717, 1.165) is 0 Å². The van der Waals surface area contributed by atoms with E-state index >= 15 is 0 Å². The number of methoxy groups -OCH3 is 1. The first-order valence-electron chi connectivity index (χ1n) is 12.9. The number of aromatic nitrogens is 2. The van der Waals surface area contributed by atoms with Gasteiger partial charge in [0.15, 0.2) is 11.4 Å². The molecule has 0 spiro atoms. The predicted octanol–water partition coefficient (Wildman–Crippen LogP) is 2.69. The average Bonchev–Trinajstić information content (AvgIpc) is 3.37. The van der Waals surface area contributed by atoms with Gasteiger partial charge in [-0.1, -0.05) is 25.1 Å². The van der Waals surface area contributed by atoms with Gasteiger partial charge in [0.1, 0.15) is 5.54 Å². The van der Waals surface area contributed by atoms with Crippen LogP contribution in [0.1, 0.15) is 61.0 Å². The van der Waals surface area contributed by atoms with Crippen molar-refractivity contribution < 1.29 is 33.4 Å². The molecule has 206 valence electrons. The van der Waals surface area contributed by atoms with E-state index in [2.05, 4.69) is 9.88 Å². The van der Waals surface area contributed by atoms with E-state index in [0.29, 0.717) is 44.7 Å². The van der Waals surface area contributed by atoms with Gasteiger partial charge < -0.3 is 23.7 Å². The number of carbonyl (C=O) groups excluding carboxylic acids is 4. The van der Waals surface area contributed by atoms with E-state index in [9.17, 15) is 19.2 Å². The van der Waals surface area contributed by atoms with Crippen molar-refractivity contribution in [1.29, 1.82) is 0 Å². The largest absolute Gasteiger partial charge is 0.467 e. The number of ether oxygens (including phenoxy) is 3. The van der Waals surface area contributed by atoms with Crippen molar-refractivity contribution in [1.82, 2.24) is 14.5 Å². The zero-order chi connectivity index (χ0) is 27.7. The molecule has 11 nitrogen and oxygen atoms in total. The van der Waals surface area contributed by atoms with Crippen molar-refractivity contribution in [3.63, 3.8) is 0 Å². The molecule has 0 atom stereocenters. The molecule has 1 saturated heterocycles. The van der Waals surface area contributed by atoms with E-state index in [4.69, 9.17) is 14.2 Å². The summed E-state index contributed by atoms with van der Waals surface area (Å²) in [6, 6.07) is 9.17. The molecule has 2 heterocycles. The molecular formula is C27H36N4O7. The number of hydrogen-bond acceptors (Lipinski definition) is 9. The molecule has 0 saturated carbocycles. The number of imidazole rings is 1. The fraction of sp³-hybridized carbons (Fsp3) is 0.519. The molecule has 1 amide bonds. The summed E-state index contributed by atoms with van der Waals surface area (Å²) < 4.78 is 17.0. The lowest BCUT2D eigenvalue weighted by Gasteiger charge is -2.46. The molecule has 0 unspecified atom stereocenters. The second-order valence-electron chi connectivity index (χ2n) is 8.86. The normalized spacial score (nSPS) is 14.9. The number of likely N-dealkylation sites (tertiary alicyclic amines) is 1. The Morgan fingerprint density at radius 3 is 2.16 bits per heavy atom. The van der Waals surface area contributed by atoms with E-state index < -0.39 is 23.4 Å². The quantitative estimate of drug-likeness (QED) is 0.320. The Morgan fingerprint density at radius 2 is 1.58 bits per heavy atom. The molecule has 0 aliphatic carbocycles. The first-order valence-corrected chi connectivity index (χ1v) is 12.9. The predicted molar refractivity (Wildman–Crippen MR) is 139 cm³/mol. The summed E-state index contributed by atoms with van der Waals surface area (Å²) in [5.41, 5.74) is -0.496. The highest BCUT2D eigenvalue weighted by molar-refractivity contribution is 6.02. The second kappa shape index (κ2) is 13.2. The monoisotopic (exact) mass is 528 g/mol. The number of anilines is 1. The highest BCUT2D eigenvalue weighted by Crippen LogP contribution is 2.35. The molecule has 0 N–H and O–H groups in total. The summed E-state index contributed by atoms with van der Waals surface area (Å²) in [5.74, 6) is -1.93. The van der Waals surface area contributed by atoms with Gasteiger partial charge in [-0.3, -0.25) is 9.69 Å². The Hall–Kier alpha value is -3.73. The van der Waals surface area contributed by atoms with Crippen LogP contribution in [0, 0.1) is 0 Å². The van der Waals surface area contributed by atoms with E-state index in [1.54, 1.807) is 30.2 Å². The van der Waals surface area contributed by atoms with Gasteiger partial charge in [-0.25, -0.2) is 19.4 Å². The summed E-state index contributed by atoms with van der Waals surface area (Å²) in [5, 5.41) is 0. The summed E-state index contributed by atoms with van der Waals surface area (Å²) in [6.07, 6.45) is 2.43. The van der Waals surface area contributed by atoms with E-state index in [1.165, 1.54) is 13.4 Å². The number of para-hydroxylation sites is 1. The highest BCUT2D eigenvalue weighted by Gasteiger charge is 2.49. The van der Waals surface area contributed by atoms with Gasteiger partial charge in [0.05, 0.1) is 26.7 Å². The zero-order valence-electron chi connectivity index (χ0n) is 22.5. The number of amides is 1. The van der Waals surface area contributed by atoms with Crippen molar-refractivity contribution in [2.24, 2.45) is 0 Å². The number of carbonyl (C=O) groups is 4. The third-order valence-electron chi connectivity index (χ3n) is 6.68. The van der Waals surface area contributed by atoms with Crippen LogP contribution in [0.15, 0.2) is 36.7 Å². The van der Waals surface area contributed by atoms with Crippen LogP contribution in [0.3, 0.4) is 0 Å². The number of rotatable bonds is 11. The molecule has 1 fully saturated rings. The highest BCUT2D eigenvalue weighted by atomic mass is 16.5. The Bertz CT molecular complexity index is 1120. The lowest BCUT2D eigenvalue weighted by molar-refractivity contribution is -0.151. The minimum Gasteiger partial charge on any atom is -0.467 e. The van der Waals surface area contributed by atoms with Gasteiger partial charge in [0.25, 0.3) is 0 Å². The third-order valence-corrected chi connectivity index (χ3v) is 6.68. The molecular weight excluding hydrogens is 492 g/mol. The van der Waals surface area contributed by atoms with Gasteiger partial charge >= 0.3 is 17.9 Å². The topological polar surface area (TPSA) is 120 Å². The minimum atomic E-state index is -1.12. The molecule has 11 heteroatoms. The first kappa shape index (κ1) is 28.8. The third kappa shape index (κ3) is 6.04.